The van der Waals surface area contributed by atoms with E-state index in [1.54, 1.807) is 6.07 Å². The highest BCUT2D eigenvalue weighted by atomic mass is 32.2. The number of sulfonamides is 1. The maximum atomic E-state index is 13.6. The minimum absolute atomic E-state index is 0.112. The van der Waals surface area contributed by atoms with E-state index in [-0.39, 0.29) is 10.8 Å². The summed E-state index contributed by atoms with van der Waals surface area (Å²) in [5.41, 5.74) is 2.00. The van der Waals surface area contributed by atoms with Gasteiger partial charge in [-0.3, -0.25) is 9.59 Å². The third-order valence-electron chi connectivity index (χ3n) is 9.89. The normalized spacial score (nSPS) is 28.1. The van der Waals surface area contributed by atoms with Gasteiger partial charge in [0.25, 0.3) is 5.91 Å². The average molecular weight is 569 g/mol. The largest absolute Gasteiger partial charge is 0.480 e. The van der Waals surface area contributed by atoms with Crippen molar-refractivity contribution in [1.29, 1.82) is 0 Å². The third-order valence-corrected chi connectivity index (χ3v) is 11.3. The maximum Gasteiger partial charge on any atom is 0.318 e. The number of aromatic amines is 1. The van der Waals surface area contributed by atoms with Gasteiger partial charge in [-0.25, -0.2) is 13.4 Å². The monoisotopic (exact) mass is 568 g/mol. The average Bonchev–Trinajstić information content (AvgIpc) is 3.36. The molecule has 4 N–H and O–H groups in total. The summed E-state index contributed by atoms with van der Waals surface area (Å²) in [6, 6.07) is 5.85. The maximum absolute atomic E-state index is 13.6. The summed E-state index contributed by atoms with van der Waals surface area (Å²) < 4.78 is 27.1. The first-order valence-corrected chi connectivity index (χ1v) is 16.4. The first kappa shape index (κ1) is 27.4. The Kier molecular flexibility index (Phi) is 7.50. The zero-order valence-corrected chi connectivity index (χ0v) is 23.8. The van der Waals surface area contributed by atoms with Gasteiger partial charge in [-0.1, -0.05) is 25.3 Å². The molecule has 5 fully saturated rings. The smallest absolute Gasteiger partial charge is 0.318 e. The molecule has 5 aliphatic carbocycles. The van der Waals surface area contributed by atoms with Crippen molar-refractivity contribution in [2.45, 2.75) is 94.3 Å². The number of benzene rings is 1. The highest BCUT2D eigenvalue weighted by Gasteiger charge is 2.50. The predicted octanol–water partition coefficient (Wildman–Crippen LogP) is 5.22. The fourth-order valence-corrected chi connectivity index (χ4v) is 9.55. The number of carboxylic acid groups (broad SMARTS) is 1. The van der Waals surface area contributed by atoms with Gasteiger partial charge in [-0.15, -0.1) is 0 Å². The minimum atomic E-state index is -4.03. The molecule has 10 heteroatoms. The van der Waals surface area contributed by atoms with Gasteiger partial charge in [0.05, 0.1) is 4.90 Å². The van der Waals surface area contributed by atoms with Crippen LogP contribution in [0.2, 0.25) is 0 Å². The number of anilines is 1. The molecule has 1 heterocycles. The fraction of sp³-hybridized carbons (Fsp3) is 0.633. The first-order valence-electron chi connectivity index (χ1n) is 14.9. The van der Waals surface area contributed by atoms with E-state index < -0.39 is 22.5 Å². The molecule has 1 amide bonds. The predicted molar refractivity (Wildman–Crippen MR) is 151 cm³/mol. The highest BCUT2D eigenvalue weighted by molar-refractivity contribution is 7.89. The number of hydrogen-bond acceptors (Lipinski definition) is 5. The molecule has 1 aromatic carbocycles. The van der Waals surface area contributed by atoms with Crippen molar-refractivity contribution in [3.8, 4) is 0 Å². The van der Waals surface area contributed by atoms with Crippen molar-refractivity contribution in [2.24, 2.45) is 23.2 Å². The molecule has 9 nitrogen and oxygen atoms in total. The molecular formula is C30H40N4O5S. The van der Waals surface area contributed by atoms with Gasteiger partial charge in [0.2, 0.25) is 10.0 Å². The number of aryl methyl sites for hydroxylation is 1. The van der Waals surface area contributed by atoms with Crippen LogP contribution >= 0.6 is 0 Å². The van der Waals surface area contributed by atoms with Crippen LogP contribution in [-0.2, 0) is 21.2 Å². The van der Waals surface area contributed by atoms with Crippen LogP contribution in [0.5, 0.6) is 0 Å². The standard InChI is InChI=1S/C30H40N4O5S/c35-26(36)18-31-40(38,39)24-8-4-7-23(14-24)32-29(37)27-25(33-28(34-27)22-5-2-1-3-6-22)9-10-30-15-19-11-20(16-30)13-21(12-19)17-30/h4,7-8,14,19-22,31H,1-3,5-6,9-13,15-18H2,(H,32,37)(H,33,34)(H,35,36). The summed E-state index contributed by atoms with van der Waals surface area (Å²) in [5.74, 6) is 2.24. The van der Waals surface area contributed by atoms with E-state index in [9.17, 15) is 18.0 Å². The molecule has 5 aliphatic rings. The van der Waals surface area contributed by atoms with Gasteiger partial charge in [0, 0.05) is 17.3 Å². The van der Waals surface area contributed by atoms with E-state index in [0.717, 1.165) is 55.0 Å². The Hall–Kier alpha value is -2.72. The second-order valence-corrected chi connectivity index (χ2v) is 14.7. The molecule has 40 heavy (non-hydrogen) atoms. The molecular weight excluding hydrogens is 528 g/mol. The molecule has 0 spiro atoms. The molecule has 0 atom stereocenters. The van der Waals surface area contributed by atoms with Crippen LogP contribution in [0, 0.1) is 23.2 Å². The number of nitrogens with zero attached hydrogens (tertiary/aromatic N) is 1. The molecule has 216 valence electrons. The van der Waals surface area contributed by atoms with E-state index in [1.807, 2.05) is 4.72 Å². The Morgan fingerprint density at radius 3 is 2.35 bits per heavy atom. The van der Waals surface area contributed by atoms with Crippen LogP contribution < -0.4 is 10.0 Å². The molecule has 0 saturated heterocycles. The number of imidazole rings is 1. The summed E-state index contributed by atoms with van der Waals surface area (Å²) in [7, 11) is -4.03. The lowest BCUT2D eigenvalue weighted by Crippen LogP contribution is -2.46. The Morgan fingerprint density at radius 1 is 1.02 bits per heavy atom. The van der Waals surface area contributed by atoms with Crippen molar-refractivity contribution in [3.05, 3.63) is 41.5 Å². The van der Waals surface area contributed by atoms with Gasteiger partial charge in [-0.05, 0) is 106 Å². The van der Waals surface area contributed by atoms with Crippen molar-refractivity contribution < 1.29 is 23.1 Å². The number of carbonyl (C=O) groups is 2. The summed E-state index contributed by atoms with van der Waals surface area (Å²) in [6.45, 7) is -0.719. The number of H-pyrrole nitrogens is 1. The molecule has 0 radical (unpaired) electrons. The number of nitrogens with one attached hydrogen (secondary N) is 3. The van der Waals surface area contributed by atoms with Gasteiger partial charge in [0.1, 0.15) is 18.1 Å². The van der Waals surface area contributed by atoms with Crippen LogP contribution in [0.4, 0.5) is 5.69 Å². The van der Waals surface area contributed by atoms with Gasteiger partial charge < -0.3 is 15.4 Å². The topological polar surface area (TPSA) is 141 Å². The molecule has 2 aromatic rings. The lowest BCUT2D eigenvalue weighted by molar-refractivity contribution is -0.135. The molecule has 4 bridgehead atoms. The van der Waals surface area contributed by atoms with Crippen molar-refractivity contribution in [3.63, 3.8) is 0 Å². The zero-order valence-electron chi connectivity index (χ0n) is 23.0. The van der Waals surface area contributed by atoms with Crippen molar-refractivity contribution >= 4 is 27.6 Å². The number of aliphatic carboxylic acids is 1. The number of carbonyl (C=O) groups excluding carboxylic acids is 1. The summed E-state index contributed by atoms with van der Waals surface area (Å²) in [4.78, 5) is 32.7. The highest BCUT2D eigenvalue weighted by Crippen LogP contribution is 2.61. The van der Waals surface area contributed by atoms with Crippen LogP contribution in [-0.4, -0.2) is 41.9 Å². The van der Waals surface area contributed by atoms with Gasteiger partial charge >= 0.3 is 5.97 Å². The number of carboxylic acids is 1. The van der Waals surface area contributed by atoms with E-state index in [2.05, 4.69) is 10.3 Å². The van der Waals surface area contributed by atoms with Crippen LogP contribution in [0.25, 0.3) is 0 Å². The second kappa shape index (κ2) is 10.9. The molecule has 0 unspecified atom stereocenters. The number of hydrogen-bond donors (Lipinski definition) is 4. The number of aromatic nitrogens is 2. The lowest BCUT2D eigenvalue weighted by Gasteiger charge is -2.57. The van der Waals surface area contributed by atoms with Gasteiger partial charge in [-0.2, -0.15) is 4.72 Å². The van der Waals surface area contributed by atoms with Crippen LogP contribution in [0.15, 0.2) is 29.2 Å². The molecule has 0 aliphatic heterocycles. The van der Waals surface area contributed by atoms with Crippen molar-refractivity contribution in [1.82, 2.24) is 14.7 Å². The first-order chi connectivity index (χ1) is 19.2. The summed E-state index contributed by atoms with van der Waals surface area (Å²) in [5, 5.41) is 11.7. The van der Waals surface area contributed by atoms with Crippen LogP contribution in [0.3, 0.4) is 0 Å². The van der Waals surface area contributed by atoms with E-state index >= 15 is 0 Å². The second-order valence-electron chi connectivity index (χ2n) is 12.9. The number of rotatable bonds is 10. The number of amides is 1. The van der Waals surface area contributed by atoms with E-state index in [4.69, 9.17) is 10.1 Å². The minimum Gasteiger partial charge on any atom is -0.480 e. The van der Waals surface area contributed by atoms with E-state index in [0.29, 0.717) is 22.7 Å². The summed E-state index contributed by atoms with van der Waals surface area (Å²) >= 11 is 0. The lowest BCUT2D eigenvalue weighted by atomic mass is 9.48. The molecule has 1 aromatic heterocycles. The quantitative estimate of drug-likeness (QED) is 0.310. The zero-order chi connectivity index (χ0) is 27.9. The SMILES string of the molecule is O=C(O)CNS(=O)(=O)c1cccc(NC(=O)c2nc(C3CCCCC3)[nH]c2CCC23CC4CC(CC(C4)C2)C3)c1. The van der Waals surface area contributed by atoms with Gasteiger partial charge in [0.15, 0.2) is 0 Å². The Morgan fingerprint density at radius 2 is 1.70 bits per heavy atom. The summed E-state index contributed by atoms with van der Waals surface area (Å²) in [6.07, 6.45) is 15.8. The Bertz CT molecular complexity index is 1340. The Labute approximate surface area is 236 Å². The van der Waals surface area contributed by atoms with E-state index in [1.165, 1.54) is 76.0 Å². The van der Waals surface area contributed by atoms with Crippen LogP contribution in [0.1, 0.15) is 105 Å². The molecule has 5 saturated carbocycles. The fourth-order valence-electron chi connectivity index (χ4n) is 8.53. The third kappa shape index (κ3) is 5.84. The Balaban J connectivity index is 1.21. The molecule has 7 rings (SSSR count). The van der Waals surface area contributed by atoms with Crippen molar-refractivity contribution in [2.75, 3.05) is 11.9 Å².